The molecule has 0 radical (unpaired) electrons. The molecule has 0 aliphatic carbocycles. The summed E-state index contributed by atoms with van der Waals surface area (Å²) in [6.07, 6.45) is 2.63. The van der Waals surface area contributed by atoms with E-state index in [0.717, 1.165) is 6.54 Å². The average molecular weight is 227 g/mol. The molecule has 0 bridgehead atoms. The maximum atomic E-state index is 5.75. The van der Waals surface area contributed by atoms with Crippen LogP contribution >= 0.6 is 11.6 Å². The Balaban J connectivity index is 1.73. The summed E-state index contributed by atoms with van der Waals surface area (Å²) < 4.78 is 5.51. The summed E-state index contributed by atoms with van der Waals surface area (Å²) in [5.41, 5.74) is 0. The first-order valence-electron chi connectivity index (χ1n) is 5.32. The van der Waals surface area contributed by atoms with Gasteiger partial charge in [0, 0.05) is 12.6 Å². The summed E-state index contributed by atoms with van der Waals surface area (Å²) in [6.45, 7) is 4.07. The third-order valence-electron chi connectivity index (χ3n) is 2.55. The lowest BCUT2D eigenvalue weighted by atomic mass is 10.4. The van der Waals surface area contributed by atoms with Gasteiger partial charge in [0.2, 0.25) is 5.88 Å². The molecule has 1 aliphatic heterocycles. The highest BCUT2D eigenvalue weighted by atomic mass is 35.5. The van der Waals surface area contributed by atoms with Crippen LogP contribution in [-0.2, 0) is 0 Å². The molecule has 15 heavy (non-hydrogen) atoms. The minimum atomic E-state index is 0.480. The van der Waals surface area contributed by atoms with Crippen molar-refractivity contribution >= 4 is 11.6 Å². The molecule has 1 fully saturated rings. The molecule has 0 aromatic carbocycles. The van der Waals surface area contributed by atoms with Gasteiger partial charge in [0.25, 0.3) is 0 Å². The lowest BCUT2D eigenvalue weighted by Crippen LogP contribution is -2.25. The maximum absolute atomic E-state index is 5.75. The molecule has 0 atom stereocenters. The summed E-state index contributed by atoms with van der Waals surface area (Å²) in [4.78, 5) is 6.47. The van der Waals surface area contributed by atoms with E-state index in [0.29, 0.717) is 17.6 Å². The minimum absolute atomic E-state index is 0.480. The van der Waals surface area contributed by atoms with Crippen LogP contribution in [0.5, 0.6) is 5.88 Å². The molecule has 0 unspecified atom stereocenters. The topological polar surface area (TPSA) is 25.4 Å². The average Bonchev–Trinajstić information content (AvgIpc) is 2.71. The van der Waals surface area contributed by atoms with Crippen LogP contribution in [0.2, 0.25) is 5.15 Å². The molecular weight excluding hydrogens is 212 g/mol. The number of aromatic nitrogens is 1. The van der Waals surface area contributed by atoms with E-state index in [4.69, 9.17) is 16.3 Å². The Hall–Kier alpha value is -0.800. The SMILES string of the molecule is Clc1cccc(OCCN2CCCC2)n1. The van der Waals surface area contributed by atoms with Crippen LogP contribution in [0, 0.1) is 0 Å². The van der Waals surface area contributed by atoms with Crippen LogP contribution in [0.15, 0.2) is 18.2 Å². The first kappa shape index (κ1) is 10.7. The molecule has 1 aromatic heterocycles. The fourth-order valence-corrected chi connectivity index (χ4v) is 1.91. The van der Waals surface area contributed by atoms with Crippen LogP contribution < -0.4 is 4.74 Å². The molecule has 2 rings (SSSR count). The molecule has 1 saturated heterocycles. The Labute approximate surface area is 95.0 Å². The molecule has 0 spiro atoms. The molecule has 0 saturated carbocycles. The van der Waals surface area contributed by atoms with Crippen molar-refractivity contribution in [2.24, 2.45) is 0 Å². The first-order valence-corrected chi connectivity index (χ1v) is 5.70. The van der Waals surface area contributed by atoms with E-state index in [-0.39, 0.29) is 0 Å². The van der Waals surface area contributed by atoms with E-state index in [1.54, 1.807) is 6.07 Å². The Morgan fingerprint density at radius 1 is 1.33 bits per heavy atom. The van der Waals surface area contributed by atoms with E-state index in [2.05, 4.69) is 9.88 Å². The van der Waals surface area contributed by atoms with Gasteiger partial charge < -0.3 is 4.74 Å². The van der Waals surface area contributed by atoms with Gasteiger partial charge >= 0.3 is 0 Å². The number of rotatable bonds is 4. The van der Waals surface area contributed by atoms with Crippen molar-refractivity contribution in [1.29, 1.82) is 0 Å². The quantitative estimate of drug-likeness (QED) is 0.737. The number of nitrogens with zero attached hydrogens (tertiary/aromatic N) is 2. The highest BCUT2D eigenvalue weighted by Gasteiger charge is 2.10. The van der Waals surface area contributed by atoms with Crippen LogP contribution in [0.3, 0.4) is 0 Å². The number of ether oxygens (including phenoxy) is 1. The molecule has 2 heterocycles. The molecule has 1 aromatic rings. The summed E-state index contributed by atoms with van der Waals surface area (Å²) in [7, 11) is 0. The zero-order valence-corrected chi connectivity index (χ0v) is 9.41. The Morgan fingerprint density at radius 2 is 2.13 bits per heavy atom. The largest absolute Gasteiger partial charge is 0.476 e. The monoisotopic (exact) mass is 226 g/mol. The van der Waals surface area contributed by atoms with Gasteiger partial charge in [-0.15, -0.1) is 0 Å². The lowest BCUT2D eigenvalue weighted by molar-refractivity contribution is 0.232. The van der Waals surface area contributed by atoms with E-state index >= 15 is 0 Å². The number of hydrogen-bond acceptors (Lipinski definition) is 3. The van der Waals surface area contributed by atoms with Gasteiger partial charge in [-0.05, 0) is 32.0 Å². The van der Waals surface area contributed by atoms with E-state index in [1.807, 2.05) is 12.1 Å². The molecule has 4 heteroatoms. The third-order valence-corrected chi connectivity index (χ3v) is 2.76. The molecule has 3 nitrogen and oxygen atoms in total. The highest BCUT2D eigenvalue weighted by Crippen LogP contribution is 2.12. The zero-order chi connectivity index (χ0) is 10.5. The summed E-state index contributed by atoms with van der Waals surface area (Å²) >= 11 is 5.75. The molecule has 1 aliphatic rings. The minimum Gasteiger partial charge on any atom is -0.476 e. The second kappa shape index (κ2) is 5.33. The predicted octanol–water partition coefficient (Wildman–Crippen LogP) is 2.21. The van der Waals surface area contributed by atoms with Crippen molar-refractivity contribution in [3.8, 4) is 5.88 Å². The number of likely N-dealkylation sites (tertiary alicyclic amines) is 1. The zero-order valence-electron chi connectivity index (χ0n) is 8.66. The van der Waals surface area contributed by atoms with Crippen LogP contribution in [0.25, 0.3) is 0 Å². The summed E-state index contributed by atoms with van der Waals surface area (Å²) in [5.74, 6) is 0.613. The van der Waals surface area contributed by atoms with E-state index in [9.17, 15) is 0 Å². The van der Waals surface area contributed by atoms with Crippen LogP contribution in [-0.4, -0.2) is 36.1 Å². The number of pyridine rings is 1. The summed E-state index contributed by atoms with van der Waals surface area (Å²) in [6, 6.07) is 5.42. The van der Waals surface area contributed by atoms with Gasteiger partial charge in [0.05, 0.1) is 0 Å². The third kappa shape index (κ3) is 3.36. The number of halogens is 1. The van der Waals surface area contributed by atoms with Gasteiger partial charge in [-0.3, -0.25) is 4.90 Å². The predicted molar refractivity (Wildman–Crippen MR) is 60.4 cm³/mol. The fraction of sp³-hybridized carbons (Fsp3) is 0.545. The van der Waals surface area contributed by atoms with Gasteiger partial charge in [-0.2, -0.15) is 0 Å². The fourth-order valence-electron chi connectivity index (χ4n) is 1.76. The van der Waals surface area contributed by atoms with Crippen molar-refractivity contribution in [1.82, 2.24) is 9.88 Å². The van der Waals surface area contributed by atoms with Crippen LogP contribution in [0.4, 0.5) is 0 Å². The Kier molecular flexibility index (Phi) is 3.80. The Bertz CT molecular complexity index is 313. The van der Waals surface area contributed by atoms with Crippen molar-refractivity contribution < 1.29 is 4.74 Å². The number of hydrogen-bond donors (Lipinski definition) is 0. The Morgan fingerprint density at radius 3 is 2.87 bits per heavy atom. The van der Waals surface area contributed by atoms with E-state index < -0.39 is 0 Å². The van der Waals surface area contributed by atoms with Gasteiger partial charge in [0.1, 0.15) is 11.8 Å². The second-order valence-corrected chi connectivity index (χ2v) is 4.08. The summed E-state index contributed by atoms with van der Waals surface area (Å²) in [5, 5.41) is 0.480. The van der Waals surface area contributed by atoms with Crippen molar-refractivity contribution in [2.75, 3.05) is 26.2 Å². The normalized spacial score (nSPS) is 16.9. The van der Waals surface area contributed by atoms with Crippen molar-refractivity contribution in [3.05, 3.63) is 23.4 Å². The standard InChI is InChI=1S/C11H15ClN2O/c12-10-4-3-5-11(13-10)15-9-8-14-6-1-2-7-14/h3-5H,1-2,6-9H2. The molecule has 0 N–H and O–H groups in total. The maximum Gasteiger partial charge on any atom is 0.214 e. The van der Waals surface area contributed by atoms with Gasteiger partial charge in [0.15, 0.2) is 0 Å². The van der Waals surface area contributed by atoms with E-state index in [1.165, 1.54) is 25.9 Å². The molecular formula is C11H15ClN2O. The first-order chi connectivity index (χ1) is 7.34. The van der Waals surface area contributed by atoms with Gasteiger partial charge in [-0.25, -0.2) is 4.98 Å². The van der Waals surface area contributed by atoms with Gasteiger partial charge in [-0.1, -0.05) is 17.7 Å². The lowest BCUT2D eigenvalue weighted by Gasteiger charge is -2.14. The van der Waals surface area contributed by atoms with Crippen LogP contribution in [0.1, 0.15) is 12.8 Å². The molecule has 0 amide bonds. The van der Waals surface area contributed by atoms with Crippen molar-refractivity contribution in [2.45, 2.75) is 12.8 Å². The van der Waals surface area contributed by atoms with Crippen molar-refractivity contribution in [3.63, 3.8) is 0 Å². The second-order valence-electron chi connectivity index (χ2n) is 3.70. The highest BCUT2D eigenvalue weighted by molar-refractivity contribution is 6.29. The molecule has 82 valence electrons. The smallest absolute Gasteiger partial charge is 0.214 e.